The topological polar surface area (TPSA) is 21.3 Å². The molecule has 3 heteroatoms. The summed E-state index contributed by atoms with van der Waals surface area (Å²) in [5.74, 6) is 0. The van der Waals surface area contributed by atoms with Crippen molar-refractivity contribution < 1.29 is 4.74 Å². The van der Waals surface area contributed by atoms with Gasteiger partial charge in [0.2, 0.25) is 0 Å². The van der Waals surface area contributed by atoms with Crippen LogP contribution in [0.5, 0.6) is 0 Å². The van der Waals surface area contributed by atoms with Gasteiger partial charge in [-0.25, -0.2) is 0 Å². The molecule has 2 nitrogen and oxygen atoms in total. The molecule has 0 radical (unpaired) electrons. The maximum Gasteiger partial charge on any atom is 0.0748 e. The van der Waals surface area contributed by atoms with E-state index >= 15 is 0 Å². The van der Waals surface area contributed by atoms with Gasteiger partial charge in [-0.1, -0.05) is 17.7 Å². The van der Waals surface area contributed by atoms with Crippen molar-refractivity contribution in [1.29, 1.82) is 0 Å². The average Bonchev–Trinajstić information content (AvgIpc) is 2.59. The highest BCUT2D eigenvalue weighted by Gasteiger charge is 2.23. The molecule has 2 rings (SSSR count). The Morgan fingerprint density at radius 2 is 2.27 bits per heavy atom. The Labute approximate surface area is 95.6 Å². The van der Waals surface area contributed by atoms with Gasteiger partial charge in [0.1, 0.15) is 0 Å². The second-order valence-electron chi connectivity index (χ2n) is 4.08. The zero-order valence-electron chi connectivity index (χ0n) is 9.09. The first-order valence-corrected chi connectivity index (χ1v) is 5.69. The van der Waals surface area contributed by atoms with Crippen LogP contribution in [0, 0.1) is 6.92 Å². The Hall–Kier alpha value is -0.730. The van der Waals surface area contributed by atoms with Gasteiger partial charge < -0.3 is 10.1 Å². The van der Waals surface area contributed by atoms with Gasteiger partial charge in [-0.15, -0.1) is 0 Å². The fourth-order valence-corrected chi connectivity index (χ4v) is 2.00. The third-order valence-electron chi connectivity index (χ3n) is 2.90. The van der Waals surface area contributed by atoms with Crippen LogP contribution in [0.2, 0.25) is 5.02 Å². The number of anilines is 1. The lowest BCUT2D eigenvalue weighted by molar-refractivity contribution is 0.121. The summed E-state index contributed by atoms with van der Waals surface area (Å²) < 4.78 is 5.50. The van der Waals surface area contributed by atoms with Crippen molar-refractivity contribution in [2.45, 2.75) is 32.4 Å². The van der Waals surface area contributed by atoms with Gasteiger partial charge >= 0.3 is 0 Å². The standard InChI is InChI=1S/C12H16ClNO/c1-8-3-4-10(7-11(8)13)14-12-5-6-15-9(12)2/h3-4,7,9,12,14H,5-6H2,1-2H3/t9-,12+/m0/s1. The molecule has 1 aromatic carbocycles. The highest BCUT2D eigenvalue weighted by atomic mass is 35.5. The molecule has 0 aliphatic carbocycles. The van der Waals surface area contributed by atoms with Crippen molar-refractivity contribution in [2.24, 2.45) is 0 Å². The molecule has 82 valence electrons. The van der Waals surface area contributed by atoms with E-state index in [9.17, 15) is 0 Å². The summed E-state index contributed by atoms with van der Waals surface area (Å²) in [4.78, 5) is 0. The zero-order chi connectivity index (χ0) is 10.8. The van der Waals surface area contributed by atoms with E-state index < -0.39 is 0 Å². The van der Waals surface area contributed by atoms with E-state index in [2.05, 4.69) is 18.3 Å². The minimum absolute atomic E-state index is 0.282. The normalized spacial score (nSPS) is 25.5. The van der Waals surface area contributed by atoms with Gasteiger partial charge in [-0.3, -0.25) is 0 Å². The van der Waals surface area contributed by atoms with Gasteiger partial charge in [0.15, 0.2) is 0 Å². The molecule has 1 heterocycles. The molecule has 1 saturated heterocycles. The first-order chi connectivity index (χ1) is 7.16. The number of aryl methyl sites for hydroxylation is 1. The van der Waals surface area contributed by atoms with Crippen LogP contribution in [0.4, 0.5) is 5.69 Å². The zero-order valence-corrected chi connectivity index (χ0v) is 9.84. The predicted molar refractivity (Wildman–Crippen MR) is 63.6 cm³/mol. The number of halogens is 1. The monoisotopic (exact) mass is 225 g/mol. The Balaban J connectivity index is 2.07. The Morgan fingerprint density at radius 3 is 2.87 bits per heavy atom. The van der Waals surface area contributed by atoms with E-state index in [1.54, 1.807) is 0 Å². The summed E-state index contributed by atoms with van der Waals surface area (Å²) in [6.07, 6.45) is 1.34. The quantitative estimate of drug-likeness (QED) is 0.835. The molecular weight excluding hydrogens is 210 g/mol. The highest BCUT2D eigenvalue weighted by Crippen LogP contribution is 2.23. The molecule has 15 heavy (non-hydrogen) atoms. The molecule has 1 N–H and O–H groups in total. The van der Waals surface area contributed by atoms with Crippen LogP contribution < -0.4 is 5.32 Å². The fourth-order valence-electron chi connectivity index (χ4n) is 1.82. The average molecular weight is 226 g/mol. The van der Waals surface area contributed by atoms with Crippen LogP contribution in [0.3, 0.4) is 0 Å². The van der Waals surface area contributed by atoms with E-state index in [1.165, 1.54) is 0 Å². The number of hydrogen-bond donors (Lipinski definition) is 1. The van der Waals surface area contributed by atoms with Crippen molar-refractivity contribution in [3.63, 3.8) is 0 Å². The van der Waals surface area contributed by atoms with E-state index in [0.717, 1.165) is 29.3 Å². The summed E-state index contributed by atoms with van der Waals surface area (Å²) in [7, 11) is 0. The summed E-state index contributed by atoms with van der Waals surface area (Å²) in [5.41, 5.74) is 2.19. The molecule has 1 aliphatic heterocycles. The smallest absolute Gasteiger partial charge is 0.0748 e. The molecule has 0 amide bonds. The molecule has 0 spiro atoms. The first kappa shape index (κ1) is 10.8. The van der Waals surface area contributed by atoms with Crippen LogP contribution in [0.1, 0.15) is 18.9 Å². The van der Waals surface area contributed by atoms with Crippen LogP contribution in [-0.2, 0) is 4.74 Å². The molecule has 0 bridgehead atoms. The fraction of sp³-hybridized carbons (Fsp3) is 0.500. The van der Waals surface area contributed by atoms with Crippen LogP contribution in [0.15, 0.2) is 18.2 Å². The van der Waals surface area contributed by atoms with Gasteiger partial charge in [-0.2, -0.15) is 0 Å². The molecule has 1 fully saturated rings. The van der Waals surface area contributed by atoms with Crippen LogP contribution >= 0.6 is 11.6 Å². The van der Waals surface area contributed by atoms with Crippen LogP contribution in [-0.4, -0.2) is 18.8 Å². The Bertz CT molecular complexity index is 353. The number of nitrogens with one attached hydrogen (secondary N) is 1. The van der Waals surface area contributed by atoms with Crippen molar-refractivity contribution in [3.05, 3.63) is 28.8 Å². The highest BCUT2D eigenvalue weighted by molar-refractivity contribution is 6.31. The summed E-state index contributed by atoms with van der Waals surface area (Å²) in [6.45, 7) is 4.95. The lowest BCUT2D eigenvalue weighted by Crippen LogP contribution is -2.26. The molecular formula is C12H16ClNO. The second-order valence-corrected chi connectivity index (χ2v) is 4.49. The van der Waals surface area contributed by atoms with Crippen molar-refractivity contribution in [3.8, 4) is 0 Å². The first-order valence-electron chi connectivity index (χ1n) is 5.31. The second kappa shape index (κ2) is 4.42. The molecule has 0 aromatic heterocycles. The SMILES string of the molecule is Cc1ccc(N[C@@H]2CCO[C@H]2C)cc1Cl. The Morgan fingerprint density at radius 1 is 1.47 bits per heavy atom. The predicted octanol–water partition coefficient (Wildman–Crippen LogP) is 3.24. The molecule has 1 aromatic rings. The number of benzene rings is 1. The van der Waals surface area contributed by atoms with E-state index in [4.69, 9.17) is 16.3 Å². The molecule has 0 saturated carbocycles. The molecule has 2 atom stereocenters. The summed E-state index contributed by atoms with van der Waals surface area (Å²) in [5, 5.41) is 4.26. The lowest BCUT2D eigenvalue weighted by atomic mass is 10.1. The van der Waals surface area contributed by atoms with Crippen molar-refractivity contribution in [1.82, 2.24) is 0 Å². The summed E-state index contributed by atoms with van der Waals surface area (Å²) >= 11 is 6.06. The maximum atomic E-state index is 6.06. The third-order valence-corrected chi connectivity index (χ3v) is 3.31. The van der Waals surface area contributed by atoms with Crippen molar-refractivity contribution >= 4 is 17.3 Å². The number of hydrogen-bond acceptors (Lipinski definition) is 2. The number of rotatable bonds is 2. The van der Waals surface area contributed by atoms with E-state index in [-0.39, 0.29) is 6.10 Å². The van der Waals surface area contributed by atoms with Crippen LogP contribution in [0.25, 0.3) is 0 Å². The number of ether oxygens (including phenoxy) is 1. The minimum atomic E-state index is 0.282. The van der Waals surface area contributed by atoms with Gasteiger partial charge in [-0.05, 0) is 38.0 Å². The Kier molecular flexibility index (Phi) is 3.17. The van der Waals surface area contributed by atoms with Gasteiger partial charge in [0.05, 0.1) is 12.1 Å². The molecule has 1 aliphatic rings. The summed E-state index contributed by atoms with van der Waals surface area (Å²) in [6, 6.07) is 6.48. The van der Waals surface area contributed by atoms with E-state index in [1.807, 2.05) is 19.1 Å². The van der Waals surface area contributed by atoms with Crippen molar-refractivity contribution in [2.75, 3.05) is 11.9 Å². The lowest BCUT2D eigenvalue weighted by Gasteiger charge is -2.17. The maximum absolute atomic E-state index is 6.06. The minimum Gasteiger partial charge on any atom is -0.380 e. The van der Waals surface area contributed by atoms with Gasteiger partial charge in [0.25, 0.3) is 0 Å². The molecule has 0 unspecified atom stereocenters. The van der Waals surface area contributed by atoms with Gasteiger partial charge in [0, 0.05) is 17.3 Å². The largest absolute Gasteiger partial charge is 0.380 e. The van der Waals surface area contributed by atoms with E-state index in [0.29, 0.717) is 6.04 Å². The third kappa shape index (κ3) is 2.44.